The summed E-state index contributed by atoms with van der Waals surface area (Å²) < 4.78 is 0. The lowest BCUT2D eigenvalue weighted by atomic mass is 10.1. The van der Waals surface area contributed by atoms with E-state index in [1.54, 1.807) is 0 Å². The molecule has 2 heterocycles. The largest absolute Gasteiger partial charge is 0.314 e. The van der Waals surface area contributed by atoms with Crippen molar-refractivity contribution in [3.63, 3.8) is 0 Å². The van der Waals surface area contributed by atoms with Crippen LogP contribution in [0.2, 0.25) is 0 Å². The lowest BCUT2D eigenvalue weighted by Gasteiger charge is -2.33. The van der Waals surface area contributed by atoms with E-state index >= 15 is 0 Å². The molecule has 2 rings (SSSR count). The molecule has 2 aliphatic heterocycles. The molecule has 0 bridgehead atoms. The second-order valence-electron chi connectivity index (χ2n) is 3.84. The molecule has 0 radical (unpaired) electrons. The van der Waals surface area contributed by atoms with Gasteiger partial charge in [-0.05, 0) is 25.8 Å². The molecule has 0 aromatic rings. The van der Waals surface area contributed by atoms with Gasteiger partial charge in [-0.15, -0.1) is 11.8 Å². The predicted molar refractivity (Wildman–Crippen MR) is 54.5 cm³/mol. The van der Waals surface area contributed by atoms with Crippen LogP contribution >= 0.6 is 11.8 Å². The zero-order valence-corrected chi connectivity index (χ0v) is 8.54. The highest BCUT2D eigenvalue weighted by Crippen LogP contribution is 2.36. The minimum atomic E-state index is 0.402. The van der Waals surface area contributed by atoms with Crippen molar-refractivity contribution < 1.29 is 0 Å². The van der Waals surface area contributed by atoms with Gasteiger partial charge in [0.25, 0.3) is 0 Å². The van der Waals surface area contributed by atoms with E-state index in [2.05, 4.69) is 29.3 Å². The van der Waals surface area contributed by atoms with Crippen molar-refractivity contribution in [1.29, 1.82) is 0 Å². The first-order chi connectivity index (χ1) is 5.85. The fraction of sp³-hybridized carbons (Fsp3) is 1.00. The van der Waals surface area contributed by atoms with Crippen LogP contribution in [-0.2, 0) is 0 Å². The van der Waals surface area contributed by atoms with E-state index in [0.717, 1.165) is 12.6 Å². The summed E-state index contributed by atoms with van der Waals surface area (Å²) in [4.78, 5) is 0.402. The first kappa shape index (κ1) is 8.85. The van der Waals surface area contributed by atoms with Gasteiger partial charge in [-0.1, -0.05) is 6.92 Å². The van der Waals surface area contributed by atoms with Gasteiger partial charge in [-0.2, -0.15) is 0 Å². The summed E-state index contributed by atoms with van der Waals surface area (Å²) in [5.74, 6) is 1.30. The Morgan fingerprint density at radius 3 is 3.08 bits per heavy atom. The molecule has 0 aliphatic carbocycles. The Hall–Kier alpha value is 0.270. The summed E-state index contributed by atoms with van der Waals surface area (Å²) in [7, 11) is 0. The molecule has 2 unspecified atom stereocenters. The standard InChI is InChI=1S/C9H18N2S/c1-2-8-6-12-9(11-8)4-3-5-10-7-9/h8,10-11H,2-7H2,1H3. The van der Waals surface area contributed by atoms with Gasteiger partial charge in [-0.3, -0.25) is 5.32 Å². The van der Waals surface area contributed by atoms with E-state index in [1.165, 1.54) is 31.6 Å². The van der Waals surface area contributed by atoms with Crippen LogP contribution in [0.5, 0.6) is 0 Å². The molecular weight excluding hydrogens is 168 g/mol. The maximum Gasteiger partial charge on any atom is 0.0774 e. The Kier molecular flexibility index (Phi) is 2.63. The molecule has 12 heavy (non-hydrogen) atoms. The molecule has 0 aromatic heterocycles. The van der Waals surface area contributed by atoms with Crippen LogP contribution in [0, 0.1) is 0 Å². The minimum Gasteiger partial charge on any atom is -0.314 e. The predicted octanol–water partition coefficient (Wildman–Crippen LogP) is 1.18. The number of rotatable bonds is 1. The summed E-state index contributed by atoms with van der Waals surface area (Å²) in [5, 5.41) is 7.24. The van der Waals surface area contributed by atoms with E-state index in [1.807, 2.05) is 0 Å². The van der Waals surface area contributed by atoms with Crippen molar-refractivity contribution >= 4 is 11.8 Å². The number of nitrogens with one attached hydrogen (secondary N) is 2. The second-order valence-corrected chi connectivity index (χ2v) is 5.24. The SMILES string of the molecule is CCC1CSC2(CCCNC2)N1. The van der Waals surface area contributed by atoms with E-state index in [9.17, 15) is 0 Å². The van der Waals surface area contributed by atoms with Gasteiger partial charge < -0.3 is 5.32 Å². The van der Waals surface area contributed by atoms with Crippen LogP contribution in [0.3, 0.4) is 0 Å². The summed E-state index contributed by atoms with van der Waals surface area (Å²) in [6.07, 6.45) is 3.95. The highest BCUT2D eigenvalue weighted by Gasteiger charge is 2.39. The molecule has 1 spiro atoms. The van der Waals surface area contributed by atoms with Gasteiger partial charge in [0.15, 0.2) is 0 Å². The summed E-state index contributed by atoms with van der Waals surface area (Å²) in [6.45, 7) is 4.64. The van der Waals surface area contributed by atoms with Crippen molar-refractivity contribution in [2.45, 2.75) is 37.1 Å². The molecule has 0 saturated carbocycles. The first-order valence-electron chi connectivity index (χ1n) is 4.97. The molecule has 2 fully saturated rings. The maximum atomic E-state index is 3.76. The van der Waals surface area contributed by atoms with Crippen LogP contribution in [0.4, 0.5) is 0 Å². The zero-order chi connectivity index (χ0) is 8.44. The molecule has 2 saturated heterocycles. The van der Waals surface area contributed by atoms with E-state index < -0.39 is 0 Å². The van der Waals surface area contributed by atoms with Crippen molar-refractivity contribution in [2.24, 2.45) is 0 Å². The minimum absolute atomic E-state index is 0.402. The quantitative estimate of drug-likeness (QED) is 0.643. The Balaban J connectivity index is 1.94. The Morgan fingerprint density at radius 2 is 2.50 bits per heavy atom. The second kappa shape index (κ2) is 3.56. The Bertz CT molecular complexity index is 155. The molecule has 0 aromatic carbocycles. The Labute approximate surface area is 78.9 Å². The molecule has 2 nitrogen and oxygen atoms in total. The highest BCUT2D eigenvalue weighted by atomic mass is 32.2. The van der Waals surface area contributed by atoms with Crippen molar-refractivity contribution in [1.82, 2.24) is 10.6 Å². The molecule has 2 aliphatic rings. The van der Waals surface area contributed by atoms with Gasteiger partial charge in [0, 0.05) is 18.3 Å². The lowest BCUT2D eigenvalue weighted by molar-refractivity contribution is 0.342. The molecule has 2 N–H and O–H groups in total. The maximum absolute atomic E-state index is 3.76. The van der Waals surface area contributed by atoms with Crippen molar-refractivity contribution in [2.75, 3.05) is 18.8 Å². The van der Waals surface area contributed by atoms with Gasteiger partial charge in [0.2, 0.25) is 0 Å². The highest BCUT2D eigenvalue weighted by molar-refractivity contribution is 8.00. The smallest absolute Gasteiger partial charge is 0.0774 e. The number of hydrogen-bond acceptors (Lipinski definition) is 3. The van der Waals surface area contributed by atoms with Crippen LogP contribution < -0.4 is 10.6 Å². The van der Waals surface area contributed by atoms with Crippen LogP contribution in [0.15, 0.2) is 0 Å². The summed E-state index contributed by atoms with van der Waals surface area (Å²) in [5.41, 5.74) is 0. The first-order valence-corrected chi connectivity index (χ1v) is 5.95. The average molecular weight is 186 g/mol. The number of piperidine rings is 1. The monoisotopic (exact) mass is 186 g/mol. The van der Waals surface area contributed by atoms with E-state index in [4.69, 9.17) is 0 Å². The molecule has 0 amide bonds. The Morgan fingerprint density at radius 1 is 1.58 bits per heavy atom. The summed E-state index contributed by atoms with van der Waals surface area (Å²) in [6, 6.07) is 0.759. The number of hydrogen-bond donors (Lipinski definition) is 2. The third-order valence-corrected chi connectivity index (χ3v) is 4.45. The molecular formula is C9H18N2S. The normalized spacial score (nSPS) is 42.2. The van der Waals surface area contributed by atoms with Crippen LogP contribution in [0.25, 0.3) is 0 Å². The molecule has 2 atom stereocenters. The third kappa shape index (κ3) is 1.63. The van der Waals surface area contributed by atoms with Crippen LogP contribution in [-0.4, -0.2) is 29.8 Å². The van der Waals surface area contributed by atoms with Gasteiger partial charge in [-0.25, -0.2) is 0 Å². The van der Waals surface area contributed by atoms with Crippen molar-refractivity contribution in [3.05, 3.63) is 0 Å². The number of thioether (sulfide) groups is 1. The summed E-state index contributed by atoms with van der Waals surface area (Å²) >= 11 is 2.12. The lowest BCUT2D eigenvalue weighted by Crippen LogP contribution is -2.52. The van der Waals surface area contributed by atoms with E-state index in [0.29, 0.717) is 4.87 Å². The average Bonchev–Trinajstić information content (AvgIpc) is 2.50. The fourth-order valence-corrected chi connectivity index (χ4v) is 3.64. The van der Waals surface area contributed by atoms with Gasteiger partial charge in [0.1, 0.15) is 0 Å². The molecule has 3 heteroatoms. The van der Waals surface area contributed by atoms with Gasteiger partial charge in [0.05, 0.1) is 4.87 Å². The topological polar surface area (TPSA) is 24.1 Å². The van der Waals surface area contributed by atoms with Gasteiger partial charge >= 0.3 is 0 Å². The van der Waals surface area contributed by atoms with E-state index in [-0.39, 0.29) is 0 Å². The van der Waals surface area contributed by atoms with Crippen molar-refractivity contribution in [3.8, 4) is 0 Å². The zero-order valence-electron chi connectivity index (χ0n) is 7.73. The molecule has 70 valence electrons. The fourth-order valence-electron chi connectivity index (χ4n) is 2.06. The third-order valence-electron chi connectivity index (χ3n) is 2.87. The van der Waals surface area contributed by atoms with Crippen LogP contribution in [0.1, 0.15) is 26.2 Å².